The topological polar surface area (TPSA) is 103 Å². The zero-order valence-electron chi connectivity index (χ0n) is 12.4. The van der Waals surface area contributed by atoms with E-state index in [9.17, 15) is 19.2 Å². The monoisotopic (exact) mass is 326 g/mol. The van der Waals surface area contributed by atoms with Gasteiger partial charge in [0.1, 0.15) is 5.69 Å². The van der Waals surface area contributed by atoms with E-state index in [2.05, 4.69) is 9.72 Å². The molecule has 8 heteroatoms. The van der Waals surface area contributed by atoms with Crippen molar-refractivity contribution in [3.63, 3.8) is 0 Å². The van der Waals surface area contributed by atoms with Gasteiger partial charge in [0.05, 0.1) is 23.8 Å². The average molecular weight is 326 g/mol. The van der Waals surface area contributed by atoms with Crippen LogP contribution < -0.4 is 0 Å². The fraction of sp³-hybridized carbons (Fsp3) is 0.0625. The minimum Gasteiger partial charge on any atom is -0.464 e. The Labute approximate surface area is 135 Å². The van der Waals surface area contributed by atoms with Gasteiger partial charge in [-0.2, -0.15) is 0 Å². The lowest BCUT2D eigenvalue weighted by Gasteiger charge is -2.12. The number of ether oxygens (including phenoxy) is 1. The minimum absolute atomic E-state index is 0.0537. The van der Waals surface area contributed by atoms with Gasteiger partial charge in [-0.05, 0) is 24.3 Å². The highest BCUT2D eigenvalue weighted by Gasteiger charge is 2.38. The first-order valence-corrected chi connectivity index (χ1v) is 6.77. The maximum Gasteiger partial charge on any atom is 0.364 e. The van der Waals surface area contributed by atoms with Crippen LogP contribution in [0.25, 0.3) is 0 Å². The number of rotatable bonds is 3. The van der Waals surface area contributed by atoms with Crippen molar-refractivity contribution in [3.05, 3.63) is 65.0 Å². The van der Waals surface area contributed by atoms with Gasteiger partial charge in [0.25, 0.3) is 11.8 Å². The number of benzene rings is 1. The molecule has 0 saturated carbocycles. The lowest BCUT2D eigenvalue weighted by Crippen LogP contribution is -2.32. The van der Waals surface area contributed by atoms with E-state index in [-0.39, 0.29) is 22.4 Å². The molecule has 120 valence electrons. The Balaban J connectivity index is 1.83. The Morgan fingerprint density at radius 2 is 1.62 bits per heavy atom. The highest BCUT2D eigenvalue weighted by Crippen LogP contribution is 2.23. The van der Waals surface area contributed by atoms with Crippen molar-refractivity contribution in [2.45, 2.75) is 0 Å². The summed E-state index contributed by atoms with van der Waals surface area (Å²) in [4.78, 5) is 56.5. The third-order valence-electron chi connectivity index (χ3n) is 3.32. The quantitative estimate of drug-likeness (QED) is 0.617. The highest BCUT2D eigenvalue weighted by atomic mass is 16.7. The van der Waals surface area contributed by atoms with Crippen molar-refractivity contribution < 1.29 is 28.8 Å². The predicted octanol–water partition coefficient (Wildman–Crippen LogP) is 1.24. The number of esters is 1. The molecule has 0 saturated heterocycles. The summed E-state index contributed by atoms with van der Waals surface area (Å²) in [5.74, 6) is -3.17. The van der Waals surface area contributed by atoms with Gasteiger partial charge in [0.2, 0.25) is 0 Å². The number of nitrogens with zero attached hydrogens (tertiary/aromatic N) is 2. The van der Waals surface area contributed by atoms with Crippen LogP contribution in [-0.4, -0.2) is 40.9 Å². The predicted molar refractivity (Wildman–Crippen MR) is 77.9 cm³/mol. The number of carbonyl (C=O) groups is 4. The van der Waals surface area contributed by atoms with Crippen molar-refractivity contribution in [2.75, 3.05) is 7.11 Å². The first-order valence-electron chi connectivity index (χ1n) is 6.77. The number of fused-ring (bicyclic) bond motifs is 1. The van der Waals surface area contributed by atoms with Crippen LogP contribution >= 0.6 is 0 Å². The molecule has 0 bridgehead atoms. The summed E-state index contributed by atoms with van der Waals surface area (Å²) in [5.41, 5.74) is 0.150. The Hall–Kier alpha value is -3.55. The lowest BCUT2D eigenvalue weighted by atomic mass is 10.1. The van der Waals surface area contributed by atoms with Crippen LogP contribution in [0.3, 0.4) is 0 Å². The molecule has 0 radical (unpaired) electrons. The molecule has 1 aromatic heterocycles. The van der Waals surface area contributed by atoms with E-state index >= 15 is 0 Å². The van der Waals surface area contributed by atoms with Crippen LogP contribution in [0.15, 0.2) is 42.6 Å². The van der Waals surface area contributed by atoms with Crippen molar-refractivity contribution in [1.82, 2.24) is 10.0 Å². The molecule has 0 N–H and O–H groups in total. The number of hydrogen-bond donors (Lipinski definition) is 0. The van der Waals surface area contributed by atoms with Gasteiger partial charge in [-0.15, -0.1) is 0 Å². The van der Waals surface area contributed by atoms with Gasteiger partial charge in [0.15, 0.2) is 0 Å². The van der Waals surface area contributed by atoms with Crippen LogP contribution in [0.5, 0.6) is 0 Å². The first-order chi connectivity index (χ1) is 11.5. The van der Waals surface area contributed by atoms with Gasteiger partial charge in [-0.3, -0.25) is 9.59 Å². The zero-order valence-corrected chi connectivity index (χ0v) is 12.4. The highest BCUT2D eigenvalue weighted by molar-refractivity contribution is 6.21. The fourth-order valence-electron chi connectivity index (χ4n) is 2.16. The minimum atomic E-state index is -0.975. The maximum absolute atomic E-state index is 12.2. The molecule has 1 aromatic carbocycles. The molecule has 8 nitrogen and oxygen atoms in total. The normalized spacial score (nSPS) is 12.8. The SMILES string of the molecule is COC(=O)c1cc(C(=O)ON2C(=O)c3ccccc3C2=O)ccn1. The second kappa shape index (κ2) is 5.92. The zero-order chi connectivity index (χ0) is 17.3. The van der Waals surface area contributed by atoms with E-state index < -0.39 is 23.8 Å². The van der Waals surface area contributed by atoms with Gasteiger partial charge in [-0.1, -0.05) is 17.2 Å². The Morgan fingerprint density at radius 1 is 1.00 bits per heavy atom. The molecule has 1 aliphatic heterocycles. The molecular weight excluding hydrogens is 316 g/mol. The third-order valence-corrected chi connectivity index (χ3v) is 3.32. The van der Waals surface area contributed by atoms with Gasteiger partial charge < -0.3 is 9.57 Å². The molecular formula is C16H10N2O6. The fourth-order valence-corrected chi connectivity index (χ4v) is 2.16. The van der Waals surface area contributed by atoms with E-state index in [4.69, 9.17) is 4.84 Å². The lowest BCUT2D eigenvalue weighted by molar-refractivity contribution is -0.0584. The number of methoxy groups -OCH3 is 1. The number of carbonyl (C=O) groups excluding carboxylic acids is 4. The van der Waals surface area contributed by atoms with Crippen LogP contribution in [0, 0.1) is 0 Å². The summed E-state index contributed by atoms with van der Waals surface area (Å²) in [7, 11) is 1.17. The van der Waals surface area contributed by atoms with Gasteiger partial charge in [-0.25, -0.2) is 14.6 Å². The van der Waals surface area contributed by atoms with Crippen molar-refractivity contribution in [2.24, 2.45) is 0 Å². The molecule has 2 amide bonds. The summed E-state index contributed by atoms with van der Waals surface area (Å²) in [5, 5.41) is 0.394. The van der Waals surface area contributed by atoms with E-state index in [0.29, 0.717) is 5.06 Å². The number of aromatic nitrogens is 1. The van der Waals surface area contributed by atoms with Gasteiger partial charge in [0, 0.05) is 6.20 Å². The average Bonchev–Trinajstić information content (AvgIpc) is 2.86. The van der Waals surface area contributed by atoms with Crippen molar-refractivity contribution in [3.8, 4) is 0 Å². The van der Waals surface area contributed by atoms with Crippen molar-refractivity contribution >= 4 is 23.8 Å². The number of pyridine rings is 1. The van der Waals surface area contributed by atoms with E-state index in [1.807, 2.05) is 0 Å². The van der Waals surface area contributed by atoms with E-state index in [1.54, 1.807) is 12.1 Å². The largest absolute Gasteiger partial charge is 0.464 e. The Morgan fingerprint density at radius 3 is 2.21 bits per heavy atom. The molecule has 0 atom stereocenters. The first kappa shape index (κ1) is 15.3. The van der Waals surface area contributed by atoms with E-state index in [0.717, 1.165) is 6.07 Å². The summed E-state index contributed by atoms with van der Waals surface area (Å²) in [6.07, 6.45) is 1.21. The second-order valence-electron chi connectivity index (χ2n) is 4.75. The summed E-state index contributed by atoms with van der Waals surface area (Å²) >= 11 is 0. The Kier molecular flexibility index (Phi) is 3.78. The molecule has 0 unspecified atom stereocenters. The molecule has 0 fully saturated rings. The molecule has 2 heterocycles. The van der Waals surface area contributed by atoms with Crippen LogP contribution in [0.4, 0.5) is 0 Å². The maximum atomic E-state index is 12.2. The molecule has 24 heavy (non-hydrogen) atoms. The molecule has 3 rings (SSSR count). The molecule has 0 spiro atoms. The summed E-state index contributed by atoms with van der Waals surface area (Å²) in [6, 6.07) is 8.55. The number of hydroxylamine groups is 2. The number of amides is 2. The smallest absolute Gasteiger partial charge is 0.364 e. The molecule has 1 aliphatic rings. The van der Waals surface area contributed by atoms with Crippen LogP contribution in [-0.2, 0) is 9.57 Å². The van der Waals surface area contributed by atoms with Gasteiger partial charge >= 0.3 is 11.9 Å². The Bertz CT molecular complexity index is 841. The second-order valence-corrected chi connectivity index (χ2v) is 4.75. The molecule has 0 aliphatic carbocycles. The van der Waals surface area contributed by atoms with Crippen molar-refractivity contribution in [1.29, 1.82) is 0 Å². The standard InChI is InChI=1S/C16H10N2O6/c1-23-16(22)12-8-9(6-7-17-12)15(21)24-18-13(19)10-4-2-3-5-11(10)14(18)20/h2-8H,1H3. The summed E-state index contributed by atoms with van der Waals surface area (Å²) < 4.78 is 4.51. The van der Waals surface area contributed by atoms with Crippen LogP contribution in [0.1, 0.15) is 41.6 Å². The molecule has 2 aromatic rings. The van der Waals surface area contributed by atoms with Crippen LogP contribution in [0.2, 0.25) is 0 Å². The summed E-state index contributed by atoms with van der Waals surface area (Å²) in [6.45, 7) is 0. The number of imide groups is 1. The third kappa shape index (κ3) is 2.50. The number of hydrogen-bond acceptors (Lipinski definition) is 7. The van der Waals surface area contributed by atoms with E-state index in [1.165, 1.54) is 31.5 Å².